The summed E-state index contributed by atoms with van der Waals surface area (Å²) in [7, 11) is 0. The van der Waals surface area contributed by atoms with Gasteiger partial charge in [-0.15, -0.1) is 0 Å². The van der Waals surface area contributed by atoms with E-state index in [1.165, 1.54) is 5.56 Å². The molecule has 19 heavy (non-hydrogen) atoms. The molecule has 1 aromatic rings. The zero-order chi connectivity index (χ0) is 14.0. The first-order valence-corrected chi connectivity index (χ1v) is 6.91. The lowest BCUT2D eigenvalue weighted by Crippen LogP contribution is -2.43. The molecule has 4 heteroatoms. The Balaban J connectivity index is 2.43. The van der Waals surface area contributed by atoms with Crippen LogP contribution in [0.2, 0.25) is 0 Å². The number of fused-ring (bicyclic) bond motifs is 1. The van der Waals surface area contributed by atoms with Crippen LogP contribution in [-0.4, -0.2) is 19.1 Å². The summed E-state index contributed by atoms with van der Waals surface area (Å²) in [6, 6.07) is 6.05. The molecule has 0 radical (unpaired) electrons. The number of anilines is 1. The third kappa shape index (κ3) is 2.73. The Hall–Kier alpha value is -1.55. The molecule has 2 amide bonds. The summed E-state index contributed by atoms with van der Waals surface area (Å²) < 4.78 is 0. The third-order valence-corrected chi connectivity index (χ3v) is 3.52. The Bertz CT molecular complexity index is 477. The summed E-state index contributed by atoms with van der Waals surface area (Å²) in [6.45, 7) is 7.36. The zero-order valence-corrected chi connectivity index (χ0v) is 12.0. The van der Waals surface area contributed by atoms with Crippen LogP contribution in [0.4, 0.5) is 10.5 Å². The summed E-state index contributed by atoms with van der Waals surface area (Å²) in [5.41, 5.74) is 9.22. The monoisotopic (exact) mass is 261 g/mol. The van der Waals surface area contributed by atoms with E-state index in [0.29, 0.717) is 6.54 Å². The first-order chi connectivity index (χ1) is 8.95. The van der Waals surface area contributed by atoms with E-state index in [1.807, 2.05) is 37.8 Å². The smallest absolute Gasteiger partial charge is 0.321 e. The van der Waals surface area contributed by atoms with Crippen LogP contribution in [0.15, 0.2) is 18.2 Å². The zero-order valence-electron chi connectivity index (χ0n) is 12.0. The second-order valence-corrected chi connectivity index (χ2v) is 5.62. The number of urea groups is 1. The van der Waals surface area contributed by atoms with Gasteiger partial charge in [0.2, 0.25) is 0 Å². The van der Waals surface area contributed by atoms with E-state index in [2.05, 4.69) is 11.4 Å². The van der Waals surface area contributed by atoms with Crippen LogP contribution < -0.4 is 16.0 Å². The van der Waals surface area contributed by atoms with Crippen molar-refractivity contribution in [3.63, 3.8) is 0 Å². The van der Waals surface area contributed by atoms with Gasteiger partial charge in [-0.05, 0) is 50.8 Å². The number of carbonyl (C=O) groups excluding carboxylic acids is 1. The number of nitrogens with two attached hydrogens (primary N) is 1. The number of nitrogens with zero attached hydrogens (tertiary/aromatic N) is 1. The van der Waals surface area contributed by atoms with E-state index >= 15 is 0 Å². The average molecular weight is 261 g/mol. The highest BCUT2D eigenvalue weighted by Crippen LogP contribution is 2.34. The van der Waals surface area contributed by atoms with E-state index in [-0.39, 0.29) is 11.6 Å². The molecular formula is C15H23N3O. The number of nitrogens with one attached hydrogen (secondary N) is 1. The van der Waals surface area contributed by atoms with Gasteiger partial charge in [-0.1, -0.05) is 12.1 Å². The number of hydrogen-bond acceptors (Lipinski definition) is 2. The van der Waals surface area contributed by atoms with Crippen molar-refractivity contribution in [2.75, 3.05) is 18.0 Å². The van der Waals surface area contributed by atoms with Crippen LogP contribution in [0, 0.1) is 0 Å². The van der Waals surface area contributed by atoms with Crippen molar-refractivity contribution in [1.82, 2.24) is 5.32 Å². The summed E-state index contributed by atoms with van der Waals surface area (Å²) >= 11 is 0. The van der Waals surface area contributed by atoms with E-state index in [9.17, 15) is 4.79 Å². The highest BCUT2D eigenvalue weighted by molar-refractivity contribution is 5.93. The van der Waals surface area contributed by atoms with Crippen molar-refractivity contribution in [3.8, 4) is 0 Å². The quantitative estimate of drug-likeness (QED) is 0.858. The molecule has 0 saturated carbocycles. The second-order valence-electron chi connectivity index (χ2n) is 5.62. The van der Waals surface area contributed by atoms with Crippen molar-refractivity contribution in [3.05, 3.63) is 29.3 Å². The van der Waals surface area contributed by atoms with Crippen LogP contribution in [0.5, 0.6) is 0 Å². The first kappa shape index (κ1) is 13.9. The molecule has 2 rings (SSSR count). The number of hydrogen-bond donors (Lipinski definition) is 2. The van der Waals surface area contributed by atoms with E-state index in [0.717, 1.165) is 30.6 Å². The highest BCUT2D eigenvalue weighted by atomic mass is 16.2. The van der Waals surface area contributed by atoms with E-state index in [1.54, 1.807) is 0 Å². The Labute approximate surface area is 115 Å². The molecule has 4 nitrogen and oxygen atoms in total. The molecule has 0 saturated heterocycles. The van der Waals surface area contributed by atoms with Crippen molar-refractivity contribution >= 4 is 11.7 Å². The van der Waals surface area contributed by atoms with Crippen LogP contribution >= 0.6 is 0 Å². The van der Waals surface area contributed by atoms with Gasteiger partial charge >= 0.3 is 6.03 Å². The SMILES string of the molecule is CCNC(=O)N1CCCc2c1cccc2C(C)(C)N. The predicted molar refractivity (Wildman–Crippen MR) is 78.4 cm³/mol. The highest BCUT2D eigenvalue weighted by Gasteiger charge is 2.27. The molecule has 1 aromatic carbocycles. The van der Waals surface area contributed by atoms with Gasteiger partial charge in [0.05, 0.1) is 0 Å². The van der Waals surface area contributed by atoms with Crippen LogP contribution in [0.1, 0.15) is 38.3 Å². The van der Waals surface area contributed by atoms with Crippen molar-refractivity contribution in [2.24, 2.45) is 5.73 Å². The number of carbonyl (C=O) groups is 1. The predicted octanol–water partition coefficient (Wildman–Crippen LogP) is 2.36. The number of benzene rings is 1. The standard InChI is InChI=1S/C15H23N3O/c1-4-17-14(19)18-10-6-7-11-12(15(2,3)16)8-5-9-13(11)18/h5,8-9H,4,6-7,10,16H2,1-3H3,(H,17,19). The van der Waals surface area contributed by atoms with E-state index < -0.39 is 0 Å². The van der Waals surface area contributed by atoms with Crippen molar-refractivity contribution in [2.45, 2.75) is 39.2 Å². The lowest BCUT2D eigenvalue weighted by Gasteiger charge is -2.33. The summed E-state index contributed by atoms with van der Waals surface area (Å²) in [6.07, 6.45) is 1.97. The molecule has 1 aliphatic heterocycles. The third-order valence-electron chi connectivity index (χ3n) is 3.52. The maximum atomic E-state index is 12.1. The van der Waals surface area contributed by atoms with Crippen molar-refractivity contribution in [1.29, 1.82) is 0 Å². The minimum atomic E-state index is -0.379. The second kappa shape index (κ2) is 5.21. The minimum Gasteiger partial charge on any atom is -0.338 e. The van der Waals surface area contributed by atoms with Gasteiger partial charge in [-0.3, -0.25) is 4.90 Å². The maximum Gasteiger partial charge on any atom is 0.321 e. The van der Waals surface area contributed by atoms with Gasteiger partial charge in [0.15, 0.2) is 0 Å². The average Bonchev–Trinajstić information content (AvgIpc) is 2.36. The maximum absolute atomic E-state index is 12.1. The normalized spacial score (nSPS) is 15.1. The molecule has 0 bridgehead atoms. The van der Waals surface area contributed by atoms with Crippen LogP contribution in [0.3, 0.4) is 0 Å². The van der Waals surface area contributed by atoms with Gasteiger partial charge in [-0.25, -0.2) is 4.79 Å². The topological polar surface area (TPSA) is 58.4 Å². The van der Waals surface area contributed by atoms with Gasteiger partial charge in [0.25, 0.3) is 0 Å². The molecule has 1 aliphatic rings. The molecular weight excluding hydrogens is 238 g/mol. The Morgan fingerprint density at radius 3 is 2.84 bits per heavy atom. The molecule has 0 aliphatic carbocycles. The lowest BCUT2D eigenvalue weighted by atomic mass is 9.86. The number of rotatable bonds is 2. The molecule has 0 spiro atoms. The molecule has 0 fully saturated rings. The summed E-state index contributed by atoms with van der Waals surface area (Å²) in [5, 5.41) is 2.87. The minimum absolute atomic E-state index is 0.0181. The molecule has 3 N–H and O–H groups in total. The lowest BCUT2D eigenvalue weighted by molar-refractivity contribution is 0.246. The fourth-order valence-electron chi connectivity index (χ4n) is 2.69. The summed E-state index contributed by atoms with van der Waals surface area (Å²) in [5.74, 6) is 0. The van der Waals surface area contributed by atoms with Crippen LogP contribution in [-0.2, 0) is 12.0 Å². The molecule has 0 atom stereocenters. The largest absolute Gasteiger partial charge is 0.338 e. The molecule has 0 aromatic heterocycles. The molecule has 104 valence electrons. The van der Waals surface area contributed by atoms with Gasteiger partial charge in [-0.2, -0.15) is 0 Å². The van der Waals surface area contributed by atoms with E-state index in [4.69, 9.17) is 5.73 Å². The Kier molecular flexibility index (Phi) is 3.80. The molecule has 0 unspecified atom stereocenters. The number of amides is 2. The van der Waals surface area contributed by atoms with Crippen LogP contribution in [0.25, 0.3) is 0 Å². The first-order valence-electron chi connectivity index (χ1n) is 6.91. The van der Waals surface area contributed by atoms with Gasteiger partial charge in [0, 0.05) is 24.3 Å². The fraction of sp³-hybridized carbons (Fsp3) is 0.533. The Morgan fingerprint density at radius 2 is 2.21 bits per heavy atom. The van der Waals surface area contributed by atoms with Gasteiger partial charge in [0.1, 0.15) is 0 Å². The summed E-state index contributed by atoms with van der Waals surface area (Å²) in [4.78, 5) is 13.9. The molecule has 1 heterocycles. The Morgan fingerprint density at radius 1 is 1.47 bits per heavy atom. The van der Waals surface area contributed by atoms with Gasteiger partial charge < -0.3 is 11.1 Å². The fourth-order valence-corrected chi connectivity index (χ4v) is 2.69. The van der Waals surface area contributed by atoms with Crippen molar-refractivity contribution < 1.29 is 4.79 Å².